The molecule has 0 bridgehead atoms. The van der Waals surface area contributed by atoms with Gasteiger partial charge in [-0.05, 0) is 24.5 Å². The Morgan fingerprint density at radius 2 is 2.31 bits per heavy atom. The standard InChI is InChI=1S/C12H15ClN2O/c13-11-6-2-5-10(15-11)12(16)14-8-7-9-3-1-4-9/h2,5-6,9H,1,3-4,7-8H2,(H,14,16). The molecule has 1 saturated carbocycles. The lowest BCUT2D eigenvalue weighted by Crippen LogP contribution is -2.28. The van der Waals surface area contributed by atoms with E-state index in [1.807, 2.05) is 0 Å². The predicted molar refractivity (Wildman–Crippen MR) is 63.5 cm³/mol. The van der Waals surface area contributed by atoms with Crippen LogP contribution in [0.3, 0.4) is 0 Å². The number of halogens is 1. The summed E-state index contributed by atoms with van der Waals surface area (Å²) in [7, 11) is 0. The van der Waals surface area contributed by atoms with Gasteiger partial charge in [-0.1, -0.05) is 36.9 Å². The Balaban J connectivity index is 1.78. The van der Waals surface area contributed by atoms with Crippen molar-refractivity contribution in [1.29, 1.82) is 0 Å². The van der Waals surface area contributed by atoms with Gasteiger partial charge in [0.2, 0.25) is 0 Å². The number of amides is 1. The van der Waals surface area contributed by atoms with E-state index in [-0.39, 0.29) is 5.91 Å². The summed E-state index contributed by atoms with van der Waals surface area (Å²) in [5.74, 6) is 0.675. The van der Waals surface area contributed by atoms with Crippen LogP contribution in [0.5, 0.6) is 0 Å². The minimum Gasteiger partial charge on any atom is -0.351 e. The fourth-order valence-electron chi connectivity index (χ4n) is 1.80. The van der Waals surface area contributed by atoms with Crippen LogP contribution in [-0.4, -0.2) is 17.4 Å². The first-order valence-corrected chi connectivity index (χ1v) is 6.04. The molecule has 16 heavy (non-hydrogen) atoms. The molecule has 1 aliphatic rings. The number of carbonyl (C=O) groups is 1. The van der Waals surface area contributed by atoms with Crippen LogP contribution in [-0.2, 0) is 0 Å². The molecule has 1 N–H and O–H groups in total. The van der Waals surface area contributed by atoms with E-state index in [1.165, 1.54) is 19.3 Å². The molecule has 1 aromatic heterocycles. The minimum absolute atomic E-state index is 0.137. The van der Waals surface area contributed by atoms with Crippen LogP contribution in [0.15, 0.2) is 18.2 Å². The summed E-state index contributed by atoms with van der Waals surface area (Å²) in [5.41, 5.74) is 0.390. The number of pyridine rings is 1. The second kappa shape index (κ2) is 5.30. The maximum absolute atomic E-state index is 11.7. The molecule has 3 nitrogen and oxygen atoms in total. The van der Waals surface area contributed by atoms with Crippen LogP contribution in [0.4, 0.5) is 0 Å². The van der Waals surface area contributed by atoms with Crippen molar-refractivity contribution in [3.63, 3.8) is 0 Å². The Kier molecular flexibility index (Phi) is 3.78. The van der Waals surface area contributed by atoms with Crippen LogP contribution in [0.25, 0.3) is 0 Å². The van der Waals surface area contributed by atoms with Crippen molar-refractivity contribution in [2.45, 2.75) is 25.7 Å². The molecule has 0 radical (unpaired) electrons. The monoisotopic (exact) mass is 238 g/mol. The number of nitrogens with zero attached hydrogens (tertiary/aromatic N) is 1. The summed E-state index contributed by atoms with van der Waals surface area (Å²) in [6, 6.07) is 5.06. The third-order valence-electron chi connectivity index (χ3n) is 3.01. The molecule has 0 aromatic carbocycles. The molecule has 0 aliphatic heterocycles. The second-order valence-corrected chi connectivity index (χ2v) is 4.57. The highest BCUT2D eigenvalue weighted by Gasteiger charge is 2.17. The largest absolute Gasteiger partial charge is 0.351 e. The molecule has 1 fully saturated rings. The van der Waals surface area contributed by atoms with E-state index in [0.29, 0.717) is 10.8 Å². The highest BCUT2D eigenvalue weighted by atomic mass is 35.5. The summed E-state index contributed by atoms with van der Waals surface area (Å²) in [4.78, 5) is 15.6. The maximum Gasteiger partial charge on any atom is 0.269 e. The molecule has 0 unspecified atom stereocenters. The van der Waals surface area contributed by atoms with Crippen LogP contribution in [0, 0.1) is 5.92 Å². The van der Waals surface area contributed by atoms with Crippen LogP contribution >= 0.6 is 11.6 Å². The van der Waals surface area contributed by atoms with Gasteiger partial charge < -0.3 is 5.32 Å². The highest BCUT2D eigenvalue weighted by Crippen LogP contribution is 2.28. The summed E-state index contributed by atoms with van der Waals surface area (Å²) in [5, 5.41) is 3.22. The van der Waals surface area contributed by atoms with Gasteiger partial charge in [-0.25, -0.2) is 4.98 Å². The van der Waals surface area contributed by atoms with Gasteiger partial charge >= 0.3 is 0 Å². The Labute approximate surface area is 100 Å². The normalized spacial score (nSPS) is 15.6. The zero-order chi connectivity index (χ0) is 11.4. The van der Waals surface area contributed by atoms with Crippen molar-refractivity contribution in [3.8, 4) is 0 Å². The van der Waals surface area contributed by atoms with E-state index < -0.39 is 0 Å². The fourth-order valence-corrected chi connectivity index (χ4v) is 1.96. The van der Waals surface area contributed by atoms with Crippen molar-refractivity contribution < 1.29 is 4.79 Å². The van der Waals surface area contributed by atoms with Crippen molar-refractivity contribution in [1.82, 2.24) is 10.3 Å². The number of hydrogen-bond donors (Lipinski definition) is 1. The quantitative estimate of drug-likeness (QED) is 0.820. The lowest BCUT2D eigenvalue weighted by molar-refractivity contribution is 0.0944. The summed E-state index contributed by atoms with van der Waals surface area (Å²) in [6.45, 7) is 0.734. The van der Waals surface area contributed by atoms with Crippen molar-refractivity contribution in [2.24, 2.45) is 5.92 Å². The van der Waals surface area contributed by atoms with Crippen molar-refractivity contribution in [3.05, 3.63) is 29.0 Å². The summed E-state index contributed by atoms with van der Waals surface area (Å²) >= 11 is 5.71. The van der Waals surface area contributed by atoms with Gasteiger partial charge in [0.25, 0.3) is 5.91 Å². The number of hydrogen-bond acceptors (Lipinski definition) is 2. The van der Waals surface area contributed by atoms with E-state index in [9.17, 15) is 4.79 Å². The lowest BCUT2D eigenvalue weighted by atomic mass is 9.83. The first-order valence-electron chi connectivity index (χ1n) is 5.66. The van der Waals surface area contributed by atoms with Crippen molar-refractivity contribution >= 4 is 17.5 Å². The molecule has 0 spiro atoms. The van der Waals surface area contributed by atoms with Crippen molar-refractivity contribution in [2.75, 3.05) is 6.54 Å². The average Bonchev–Trinajstić information content (AvgIpc) is 2.21. The number of nitrogens with one attached hydrogen (secondary N) is 1. The Morgan fingerprint density at radius 1 is 1.50 bits per heavy atom. The number of aromatic nitrogens is 1. The zero-order valence-corrected chi connectivity index (χ0v) is 9.83. The van der Waals surface area contributed by atoms with E-state index in [4.69, 9.17) is 11.6 Å². The third kappa shape index (κ3) is 2.95. The highest BCUT2D eigenvalue weighted by molar-refractivity contribution is 6.29. The molecule has 1 amide bonds. The third-order valence-corrected chi connectivity index (χ3v) is 3.22. The first-order chi connectivity index (χ1) is 7.75. The molecule has 2 rings (SSSR count). The molecule has 0 saturated heterocycles. The van der Waals surface area contributed by atoms with E-state index >= 15 is 0 Å². The van der Waals surface area contributed by atoms with E-state index in [0.717, 1.165) is 18.9 Å². The van der Waals surface area contributed by atoms with Gasteiger partial charge in [-0.3, -0.25) is 4.79 Å². The predicted octanol–water partition coefficient (Wildman–Crippen LogP) is 2.66. The topological polar surface area (TPSA) is 42.0 Å². The van der Waals surface area contributed by atoms with E-state index in [1.54, 1.807) is 18.2 Å². The zero-order valence-electron chi connectivity index (χ0n) is 9.08. The number of carbonyl (C=O) groups excluding carboxylic acids is 1. The van der Waals surface area contributed by atoms with Gasteiger partial charge in [0.1, 0.15) is 10.8 Å². The average molecular weight is 239 g/mol. The van der Waals surface area contributed by atoms with Crippen LogP contribution in [0.1, 0.15) is 36.2 Å². The molecular formula is C12H15ClN2O. The molecule has 4 heteroatoms. The SMILES string of the molecule is O=C(NCCC1CCC1)c1cccc(Cl)n1. The van der Waals surface area contributed by atoms with Crippen LogP contribution in [0.2, 0.25) is 5.15 Å². The lowest BCUT2D eigenvalue weighted by Gasteiger charge is -2.25. The summed E-state index contributed by atoms with van der Waals surface area (Å²) < 4.78 is 0. The van der Waals surface area contributed by atoms with Crippen LogP contribution < -0.4 is 5.32 Å². The molecule has 0 atom stereocenters. The molecule has 1 aliphatic carbocycles. The molecular weight excluding hydrogens is 224 g/mol. The van der Waals surface area contributed by atoms with Gasteiger partial charge in [0.05, 0.1) is 0 Å². The second-order valence-electron chi connectivity index (χ2n) is 4.19. The molecule has 1 heterocycles. The molecule has 1 aromatic rings. The first kappa shape index (κ1) is 11.4. The molecule has 86 valence electrons. The smallest absolute Gasteiger partial charge is 0.269 e. The summed E-state index contributed by atoms with van der Waals surface area (Å²) in [6.07, 6.45) is 5.04. The number of rotatable bonds is 4. The van der Waals surface area contributed by atoms with E-state index in [2.05, 4.69) is 10.3 Å². The van der Waals surface area contributed by atoms with Gasteiger partial charge in [0.15, 0.2) is 0 Å². The Bertz CT molecular complexity index is 377. The van der Waals surface area contributed by atoms with Gasteiger partial charge in [0, 0.05) is 6.54 Å². The maximum atomic E-state index is 11.7. The Morgan fingerprint density at radius 3 is 2.94 bits per heavy atom. The minimum atomic E-state index is -0.137. The Hall–Kier alpha value is -1.09. The van der Waals surface area contributed by atoms with Gasteiger partial charge in [-0.15, -0.1) is 0 Å². The van der Waals surface area contributed by atoms with Gasteiger partial charge in [-0.2, -0.15) is 0 Å². The fraction of sp³-hybridized carbons (Fsp3) is 0.500.